The molecular weight excluding hydrogens is 1320 g/mol. The molecule has 0 aliphatic heterocycles. The molecule has 0 fully saturated rings. The Morgan fingerprint density at radius 2 is 0.881 bits per heavy atom. The largest absolute Gasteiger partial charge is 0.459 e. The van der Waals surface area contributed by atoms with Gasteiger partial charge in [-0.05, 0) is 113 Å². The van der Waals surface area contributed by atoms with Crippen LogP contribution in [-0.4, -0.2) is 103 Å². The van der Waals surface area contributed by atoms with Gasteiger partial charge in [0, 0.05) is 87.5 Å². The Hall–Kier alpha value is -12.6. The maximum Gasteiger partial charge on any atom is 0.292 e. The third-order valence-electron chi connectivity index (χ3n) is 14.5. The van der Waals surface area contributed by atoms with Gasteiger partial charge in [-0.1, -0.05) is 96.3 Å². The van der Waals surface area contributed by atoms with E-state index in [2.05, 4.69) is 81.5 Å². The van der Waals surface area contributed by atoms with E-state index in [1.54, 1.807) is 112 Å². The molecule has 520 valence electrons. The zero-order valence-corrected chi connectivity index (χ0v) is 57.4. The van der Waals surface area contributed by atoms with Crippen molar-refractivity contribution in [1.29, 1.82) is 0 Å². The van der Waals surface area contributed by atoms with Crippen LogP contribution in [0.25, 0.3) is 23.8 Å². The first-order chi connectivity index (χ1) is 48.3. The Labute approximate surface area is 580 Å². The molecule has 0 bridgehead atoms. The topological polar surface area (TPSA) is 384 Å². The van der Waals surface area contributed by atoms with Gasteiger partial charge >= 0.3 is 0 Å². The molecule has 0 radical (unpaired) electrons. The van der Waals surface area contributed by atoms with Crippen LogP contribution in [0.1, 0.15) is 153 Å². The van der Waals surface area contributed by atoms with Crippen LogP contribution in [0.2, 0.25) is 5.02 Å². The Balaban J connectivity index is 0.000000157. The molecule has 0 aliphatic carbocycles. The Kier molecular flexibility index (Phi) is 23.8. The number of amides is 4. The Morgan fingerprint density at radius 1 is 0.485 bits per heavy atom. The van der Waals surface area contributed by atoms with Crippen molar-refractivity contribution < 1.29 is 28.0 Å². The highest BCUT2D eigenvalue weighted by Crippen LogP contribution is 2.22. The van der Waals surface area contributed by atoms with Gasteiger partial charge in [-0.25, -0.2) is 24.3 Å². The number of nitrogens with one attached hydrogen (secondary N) is 8. The normalized spacial score (nSPS) is 10.8. The number of aromatic amines is 4. The van der Waals surface area contributed by atoms with Crippen molar-refractivity contribution >= 4 is 58.5 Å². The number of hydrogen-bond acceptors (Lipinski definition) is 17. The van der Waals surface area contributed by atoms with E-state index in [4.69, 9.17) is 16.0 Å². The summed E-state index contributed by atoms with van der Waals surface area (Å²) in [6.45, 7) is 18.8. The minimum atomic E-state index is -0.621. The predicted octanol–water partition coefficient (Wildman–Crippen LogP) is 10.6. The minimum absolute atomic E-state index is 0.0590. The van der Waals surface area contributed by atoms with Crippen molar-refractivity contribution in [2.75, 3.05) is 21.3 Å². The number of carbonyl (C=O) groups excluding carboxylic acids is 4. The molecule has 9 heterocycles. The number of furan rings is 1. The van der Waals surface area contributed by atoms with E-state index in [-0.39, 0.29) is 86.8 Å². The van der Waals surface area contributed by atoms with Gasteiger partial charge in [0.25, 0.3) is 45.9 Å². The van der Waals surface area contributed by atoms with Crippen LogP contribution < -0.4 is 43.5 Å². The summed E-state index contributed by atoms with van der Waals surface area (Å²) in [5.74, 6) is 0.540. The van der Waals surface area contributed by atoms with E-state index in [0.717, 1.165) is 12.8 Å². The van der Waals surface area contributed by atoms with Gasteiger partial charge in [0.05, 0.1) is 34.6 Å². The van der Waals surface area contributed by atoms with Crippen molar-refractivity contribution in [3.05, 3.63) is 266 Å². The second-order valence-electron chi connectivity index (χ2n) is 23.4. The first-order valence-corrected chi connectivity index (χ1v) is 32.2. The molecule has 31 heteroatoms. The molecule has 0 atom stereocenters. The fraction of sp³-hybridized carbons (Fsp3) is 0.229. The van der Waals surface area contributed by atoms with Crippen molar-refractivity contribution in [3.63, 3.8) is 0 Å². The predicted molar refractivity (Wildman–Crippen MR) is 378 cm³/mol. The molecule has 0 unspecified atom stereocenters. The quantitative estimate of drug-likeness (QED) is 0.0396. The third kappa shape index (κ3) is 19.0. The fourth-order valence-electron chi connectivity index (χ4n) is 9.77. The van der Waals surface area contributed by atoms with Crippen LogP contribution in [0.4, 0.5) is 27.7 Å². The van der Waals surface area contributed by atoms with Crippen LogP contribution >= 0.6 is 11.6 Å². The molecule has 12 aromatic rings. The van der Waals surface area contributed by atoms with Gasteiger partial charge < -0.3 is 25.7 Å². The molecule has 0 saturated heterocycles. The summed E-state index contributed by atoms with van der Waals surface area (Å²) >= 11 is 5.85. The number of rotatable bonds is 18. The monoisotopic (exact) mass is 1390 g/mol. The summed E-state index contributed by atoms with van der Waals surface area (Å²) in [4.78, 5) is 126. The van der Waals surface area contributed by atoms with Gasteiger partial charge in [-0.15, -0.1) is 0 Å². The maximum atomic E-state index is 13.8. The number of benzene rings is 3. The molecule has 12 rings (SSSR count). The van der Waals surface area contributed by atoms with Gasteiger partial charge in [-0.2, -0.15) is 39.1 Å². The van der Waals surface area contributed by atoms with E-state index in [0.29, 0.717) is 91.7 Å². The number of halogens is 2. The van der Waals surface area contributed by atoms with Gasteiger partial charge in [-0.3, -0.25) is 58.3 Å². The standard InChI is InChI=1S/C18H18ClN5O2.C18H18FN5O2.C18H19N5O2.C16H17N5O3/c1-10(2)14-9-20-18(22-17(14)26)24-15(8-11(3)23-24)21-16(25)12-4-6-13(19)7-5-12;1-3-6-12-10-16(25)22-18(20-12)24-15(9-11(2)23-24)21-17(26)13-7-4-5-8-14(13)19;1-3-7-14-11-16(24)21-18(19-14)23-15(10-12(2)22-23)20-17(25)13-8-5-4-6-9-13;1-9(2)11-8-17-16(19-14(11)22)21-13(7-10(3)20-21)18-15(23)12-5-4-6-24-12/h4-10H,1-3H3,(H,21,25)(H,20,22,26);4-5,7-10H,3,6H2,1-2H3,(H,21,26)(H,20,22,25);4-6,8-11H,3,7H2,1-2H3,(H,20,25)(H,19,21,24);4-9H,1-3H3,(H,18,23)(H,17,19,22). The molecule has 8 N–H and O–H groups in total. The summed E-state index contributed by atoms with van der Waals surface area (Å²) in [5.41, 5.74) is 5.04. The van der Waals surface area contributed by atoms with Crippen LogP contribution in [0.5, 0.6) is 0 Å². The van der Waals surface area contributed by atoms with Crippen molar-refractivity contribution in [1.82, 2.24) is 79.0 Å². The van der Waals surface area contributed by atoms with Gasteiger partial charge in [0.1, 0.15) is 29.1 Å². The fourth-order valence-corrected chi connectivity index (χ4v) is 9.89. The molecule has 0 saturated carbocycles. The summed E-state index contributed by atoms with van der Waals surface area (Å²) in [5, 5.41) is 28.6. The highest BCUT2D eigenvalue weighted by molar-refractivity contribution is 6.30. The van der Waals surface area contributed by atoms with E-state index in [9.17, 15) is 42.7 Å². The van der Waals surface area contributed by atoms with Crippen molar-refractivity contribution in [2.24, 2.45) is 0 Å². The summed E-state index contributed by atoms with van der Waals surface area (Å²) in [6, 6.07) is 33.9. The average Bonchev–Trinajstić information content (AvgIpc) is 1.72. The molecule has 3 aromatic carbocycles. The van der Waals surface area contributed by atoms with Crippen LogP contribution in [0.15, 0.2) is 170 Å². The van der Waals surface area contributed by atoms with Gasteiger partial charge in [0.15, 0.2) is 5.76 Å². The van der Waals surface area contributed by atoms with Crippen LogP contribution in [0, 0.1) is 33.5 Å². The summed E-state index contributed by atoms with van der Waals surface area (Å²) < 4.78 is 24.4. The SMILES string of the molecule is CCCc1cc(=O)[nH]c(-n2nc(C)cc2NC(=O)c2ccccc2)n1.CCCc1cc(=O)[nH]c(-n2nc(C)cc2NC(=O)c2ccccc2F)n1.Cc1cc(NC(=O)c2ccc(Cl)cc2)n(-c2ncc(C(C)C)c(=O)[nH]2)n1.Cc1cc(NC(=O)c2ccco2)n(-c2ncc(C(C)C)c(=O)[nH]2)n1. The molecule has 29 nitrogen and oxygen atoms in total. The summed E-state index contributed by atoms with van der Waals surface area (Å²) in [7, 11) is 0. The second-order valence-corrected chi connectivity index (χ2v) is 23.8. The zero-order chi connectivity index (χ0) is 72.6. The lowest BCUT2D eigenvalue weighted by atomic mass is 10.1. The Morgan fingerprint density at radius 3 is 1.28 bits per heavy atom. The zero-order valence-electron chi connectivity index (χ0n) is 56.6. The molecule has 0 spiro atoms. The minimum Gasteiger partial charge on any atom is -0.459 e. The number of anilines is 4. The first-order valence-electron chi connectivity index (χ1n) is 31.9. The van der Waals surface area contributed by atoms with Crippen LogP contribution in [0.3, 0.4) is 0 Å². The number of carbonyl (C=O) groups is 4. The lowest BCUT2D eigenvalue weighted by Crippen LogP contribution is -2.21. The smallest absolute Gasteiger partial charge is 0.292 e. The van der Waals surface area contributed by atoms with E-state index < -0.39 is 17.6 Å². The summed E-state index contributed by atoms with van der Waals surface area (Å²) in [6.07, 6.45) is 7.53. The average molecular weight is 1390 g/mol. The lowest BCUT2D eigenvalue weighted by Gasteiger charge is -2.09. The first kappa shape index (κ1) is 72.7. The molecule has 9 aromatic heterocycles. The third-order valence-corrected chi connectivity index (χ3v) is 14.8. The van der Waals surface area contributed by atoms with Crippen molar-refractivity contribution in [3.8, 4) is 23.8 Å². The highest BCUT2D eigenvalue weighted by atomic mass is 35.5. The van der Waals surface area contributed by atoms with Gasteiger partial charge in [0.2, 0.25) is 23.8 Å². The number of nitrogens with zero attached hydrogens (tertiary/aromatic N) is 12. The molecular formula is C70H72ClFN20O9. The number of hydrogen-bond donors (Lipinski definition) is 8. The second kappa shape index (κ2) is 33.1. The van der Waals surface area contributed by atoms with E-state index in [1.807, 2.05) is 54.5 Å². The number of aromatic nitrogens is 16. The highest BCUT2D eigenvalue weighted by Gasteiger charge is 2.21. The van der Waals surface area contributed by atoms with E-state index in [1.165, 1.54) is 67.7 Å². The van der Waals surface area contributed by atoms with Crippen LogP contribution in [-0.2, 0) is 12.8 Å². The maximum absolute atomic E-state index is 13.8. The number of aryl methyl sites for hydroxylation is 6. The Bertz CT molecular complexity index is 5160. The molecule has 4 amide bonds. The molecule has 0 aliphatic rings. The lowest BCUT2D eigenvalue weighted by molar-refractivity contribution is 0.0992. The van der Waals surface area contributed by atoms with Crippen molar-refractivity contribution in [2.45, 2.75) is 107 Å². The molecule has 101 heavy (non-hydrogen) atoms. The van der Waals surface area contributed by atoms with E-state index >= 15 is 0 Å². The number of H-pyrrole nitrogens is 4.